The van der Waals surface area contributed by atoms with Crippen molar-refractivity contribution in [2.24, 2.45) is 17.8 Å². The van der Waals surface area contributed by atoms with E-state index in [4.69, 9.17) is 0 Å². The Morgan fingerprint density at radius 1 is 1.17 bits per heavy atom. The van der Waals surface area contributed by atoms with Crippen molar-refractivity contribution >= 4 is 23.0 Å². The van der Waals surface area contributed by atoms with Gasteiger partial charge < -0.3 is 20.6 Å². The fourth-order valence-corrected chi connectivity index (χ4v) is 5.18. The van der Waals surface area contributed by atoms with E-state index < -0.39 is 18.1 Å². The molecule has 3 fully saturated rings. The number of carbonyl (C=O) groups is 1. The molecule has 3 N–H and O–H groups in total. The molecular formula is C21H28F3N3O2. The number of fused-ring (bicyclic) bond motifs is 1. The maximum atomic E-state index is 12.9. The molecule has 1 aromatic carbocycles. The summed E-state index contributed by atoms with van der Waals surface area (Å²) in [7, 11) is 1.79. The maximum absolute atomic E-state index is 12.9. The number of carboxylic acids is 1. The molecule has 1 heterocycles. The standard InChI is InChI=1S/C21H28F3N3O2/c1-11-18(25-2)17(26-15-5-3-14(4-6-15)21(22,23)24)8-16(20(28)29)19(11)27-9-12-7-13(12)10-27/h8,12-15,25-26H,3-7,9-10H2,1-2H3,(H,28,29). The highest BCUT2D eigenvalue weighted by Gasteiger charge is 2.46. The normalized spacial score (nSPS) is 28.8. The molecule has 2 aliphatic carbocycles. The molecule has 2 atom stereocenters. The van der Waals surface area contributed by atoms with Gasteiger partial charge in [0.2, 0.25) is 0 Å². The Morgan fingerprint density at radius 2 is 1.79 bits per heavy atom. The Bertz CT molecular complexity index is 793. The Balaban J connectivity index is 1.58. The van der Waals surface area contributed by atoms with Gasteiger partial charge in [0.05, 0.1) is 28.5 Å². The second-order valence-corrected chi connectivity index (χ2v) is 8.77. The quantitative estimate of drug-likeness (QED) is 0.654. The van der Waals surface area contributed by atoms with Gasteiger partial charge in [-0.2, -0.15) is 13.2 Å². The van der Waals surface area contributed by atoms with Gasteiger partial charge in [0, 0.05) is 26.2 Å². The third kappa shape index (κ3) is 3.85. The number of carboxylic acid groups (broad SMARTS) is 1. The SMILES string of the molecule is CNc1c(NC2CCC(C(F)(F)F)CC2)cc(C(=O)O)c(N2CC3CC3C2)c1C. The lowest BCUT2D eigenvalue weighted by Gasteiger charge is -2.32. The van der Waals surface area contributed by atoms with Crippen molar-refractivity contribution < 1.29 is 23.1 Å². The number of benzene rings is 1. The zero-order valence-electron chi connectivity index (χ0n) is 16.8. The molecule has 0 radical (unpaired) electrons. The lowest BCUT2D eigenvalue weighted by atomic mass is 9.85. The molecule has 1 aliphatic heterocycles. The fourth-order valence-electron chi connectivity index (χ4n) is 5.18. The van der Waals surface area contributed by atoms with Gasteiger partial charge in [-0.05, 0) is 62.5 Å². The summed E-state index contributed by atoms with van der Waals surface area (Å²) in [5, 5.41) is 16.4. The predicted octanol–water partition coefficient (Wildman–Crippen LogP) is 4.72. The minimum Gasteiger partial charge on any atom is -0.478 e. The lowest BCUT2D eigenvalue weighted by molar-refractivity contribution is -0.182. The van der Waals surface area contributed by atoms with E-state index in [9.17, 15) is 23.1 Å². The first-order valence-corrected chi connectivity index (χ1v) is 10.4. The number of hydrogen-bond donors (Lipinski definition) is 3. The van der Waals surface area contributed by atoms with Crippen LogP contribution in [-0.4, -0.2) is 43.4 Å². The van der Waals surface area contributed by atoms with Gasteiger partial charge >= 0.3 is 12.1 Å². The number of nitrogens with zero attached hydrogens (tertiary/aromatic N) is 1. The van der Waals surface area contributed by atoms with Crippen molar-refractivity contribution in [3.63, 3.8) is 0 Å². The van der Waals surface area contributed by atoms with Crippen LogP contribution < -0.4 is 15.5 Å². The van der Waals surface area contributed by atoms with Crippen LogP contribution in [0.3, 0.4) is 0 Å². The Hall–Kier alpha value is -2.12. The summed E-state index contributed by atoms with van der Waals surface area (Å²) >= 11 is 0. The van der Waals surface area contributed by atoms with E-state index >= 15 is 0 Å². The molecule has 8 heteroatoms. The van der Waals surface area contributed by atoms with Gasteiger partial charge in [0.1, 0.15) is 0 Å². The number of halogens is 3. The second kappa shape index (κ2) is 7.29. The van der Waals surface area contributed by atoms with E-state index in [1.165, 1.54) is 6.42 Å². The summed E-state index contributed by atoms with van der Waals surface area (Å²) in [4.78, 5) is 14.2. The molecule has 4 rings (SSSR count). The van der Waals surface area contributed by atoms with E-state index in [0.29, 0.717) is 30.4 Å². The zero-order valence-corrected chi connectivity index (χ0v) is 16.8. The van der Waals surface area contributed by atoms with Crippen molar-refractivity contribution in [3.05, 3.63) is 17.2 Å². The minimum absolute atomic E-state index is 0.0907. The number of hydrogen-bond acceptors (Lipinski definition) is 4. The largest absolute Gasteiger partial charge is 0.478 e. The van der Waals surface area contributed by atoms with Crippen LogP contribution in [0.1, 0.15) is 48.0 Å². The van der Waals surface area contributed by atoms with Gasteiger partial charge in [-0.15, -0.1) is 0 Å². The molecular weight excluding hydrogens is 383 g/mol. The van der Waals surface area contributed by atoms with E-state index in [0.717, 1.165) is 30.0 Å². The molecule has 0 amide bonds. The molecule has 2 unspecified atom stereocenters. The van der Waals surface area contributed by atoms with Crippen LogP contribution >= 0.6 is 0 Å². The molecule has 160 valence electrons. The number of nitrogens with one attached hydrogen (secondary N) is 2. The molecule has 0 aromatic heterocycles. The predicted molar refractivity (Wildman–Crippen MR) is 107 cm³/mol. The molecule has 2 saturated carbocycles. The summed E-state index contributed by atoms with van der Waals surface area (Å²) < 4.78 is 38.8. The average Bonchev–Trinajstić information content (AvgIpc) is 3.26. The topological polar surface area (TPSA) is 64.6 Å². The first kappa shape index (κ1) is 20.2. The highest BCUT2D eigenvalue weighted by Crippen LogP contribution is 2.49. The third-order valence-corrected chi connectivity index (χ3v) is 6.87. The molecule has 0 spiro atoms. The molecule has 1 saturated heterocycles. The number of aromatic carboxylic acids is 1. The monoisotopic (exact) mass is 411 g/mol. The van der Waals surface area contributed by atoms with Gasteiger partial charge in [-0.1, -0.05) is 0 Å². The summed E-state index contributed by atoms with van der Waals surface area (Å²) in [6.45, 7) is 3.70. The van der Waals surface area contributed by atoms with E-state index in [-0.39, 0.29) is 24.4 Å². The Kier molecular flexibility index (Phi) is 5.07. The van der Waals surface area contributed by atoms with Crippen LogP contribution in [0.2, 0.25) is 0 Å². The summed E-state index contributed by atoms with van der Waals surface area (Å²) in [6.07, 6.45) is -1.84. The highest BCUT2D eigenvalue weighted by molar-refractivity contribution is 6.00. The smallest absolute Gasteiger partial charge is 0.391 e. The van der Waals surface area contributed by atoms with Crippen LogP contribution in [0.5, 0.6) is 0 Å². The van der Waals surface area contributed by atoms with Crippen LogP contribution in [-0.2, 0) is 0 Å². The second-order valence-electron chi connectivity index (χ2n) is 8.77. The number of alkyl halides is 3. The van der Waals surface area contributed by atoms with Crippen molar-refractivity contribution in [3.8, 4) is 0 Å². The van der Waals surface area contributed by atoms with Crippen molar-refractivity contribution in [2.75, 3.05) is 35.7 Å². The van der Waals surface area contributed by atoms with Crippen molar-refractivity contribution in [2.45, 2.75) is 51.2 Å². The first-order valence-electron chi connectivity index (χ1n) is 10.4. The maximum Gasteiger partial charge on any atom is 0.391 e. The Morgan fingerprint density at radius 3 is 2.31 bits per heavy atom. The summed E-state index contributed by atoms with van der Waals surface area (Å²) in [5.41, 5.74) is 3.38. The lowest BCUT2D eigenvalue weighted by Crippen LogP contribution is -2.33. The summed E-state index contributed by atoms with van der Waals surface area (Å²) in [6, 6.07) is 1.56. The zero-order chi connectivity index (χ0) is 20.9. The first-order chi connectivity index (χ1) is 13.7. The molecule has 3 aliphatic rings. The van der Waals surface area contributed by atoms with Crippen LogP contribution in [0.25, 0.3) is 0 Å². The molecule has 1 aromatic rings. The minimum atomic E-state index is -4.13. The molecule has 29 heavy (non-hydrogen) atoms. The third-order valence-electron chi connectivity index (χ3n) is 6.87. The fraction of sp³-hybridized carbons (Fsp3) is 0.667. The van der Waals surface area contributed by atoms with Gasteiger partial charge in [0.15, 0.2) is 0 Å². The Labute approximate surface area is 168 Å². The van der Waals surface area contributed by atoms with E-state index in [1.54, 1.807) is 13.1 Å². The molecule has 5 nitrogen and oxygen atoms in total. The van der Waals surface area contributed by atoms with E-state index in [1.807, 2.05) is 6.92 Å². The average molecular weight is 411 g/mol. The number of anilines is 3. The highest BCUT2D eigenvalue weighted by atomic mass is 19.4. The summed E-state index contributed by atoms with van der Waals surface area (Å²) in [5.74, 6) is -0.855. The van der Waals surface area contributed by atoms with Gasteiger partial charge in [-0.3, -0.25) is 0 Å². The molecule has 0 bridgehead atoms. The van der Waals surface area contributed by atoms with Gasteiger partial charge in [0.25, 0.3) is 0 Å². The number of piperidine rings is 1. The van der Waals surface area contributed by atoms with Crippen LogP contribution in [0.15, 0.2) is 6.07 Å². The van der Waals surface area contributed by atoms with Crippen LogP contribution in [0.4, 0.5) is 30.2 Å². The van der Waals surface area contributed by atoms with Gasteiger partial charge in [-0.25, -0.2) is 4.79 Å². The van der Waals surface area contributed by atoms with Crippen molar-refractivity contribution in [1.82, 2.24) is 0 Å². The number of rotatable bonds is 5. The van der Waals surface area contributed by atoms with E-state index in [2.05, 4.69) is 15.5 Å². The van der Waals surface area contributed by atoms with Crippen LogP contribution in [0, 0.1) is 24.7 Å². The van der Waals surface area contributed by atoms with Crippen molar-refractivity contribution in [1.29, 1.82) is 0 Å².